The molecule has 22 heavy (non-hydrogen) atoms. The summed E-state index contributed by atoms with van der Waals surface area (Å²) in [7, 11) is 0. The second kappa shape index (κ2) is 6.56. The average molecular weight is 304 g/mol. The van der Waals surface area contributed by atoms with E-state index in [0.29, 0.717) is 12.5 Å². The Labute approximate surface area is 130 Å². The smallest absolute Gasteiger partial charge is 0.171 e. The summed E-state index contributed by atoms with van der Waals surface area (Å²) in [4.78, 5) is 4.38. The molecule has 0 spiro atoms. The molecule has 120 valence electrons. The van der Waals surface area contributed by atoms with Crippen LogP contribution in [0, 0.1) is 5.92 Å². The lowest BCUT2D eigenvalue weighted by atomic mass is 9.85. The summed E-state index contributed by atoms with van der Waals surface area (Å²) in [5.41, 5.74) is 0. The minimum Gasteiger partial charge on any atom is -0.385 e. The molecule has 1 aliphatic rings. The Balaban J connectivity index is 1.78. The summed E-state index contributed by atoms with van der Waals surface area (Å²) in [6.45, 7) is 4.63. The monoisotopic (exact) mass is 304 g/mol. The predicted octanol–water partition coefficient (Wildman–Crippen LogP) is 2.11. The lowest BCUT2D eigenvalue weighted by molar-refractivity contribution is 0.0742. The molecule has 2 aromatic heterocycles. The van der Waals surface area contributed by atoms with Crippen molar-refractivity contribution in [1.29, 1.82) is 0 Å². The van der Waals surface area contributed by atoms with Crippen molar-refractivity contribution >= 4 is 0 Å². The fourth-order valence-corrected chi connectivity index (χ4v) is 3.25. The van der Waals surface area contributed by atoms with Crippen LogP contribution in [0.15, 0.2) is 12.4 Å². The normalized spacial score (nSPS) is 18.0. The van der Waals surface area contributed by atoms with Crippen LogP contribution in [-0.4, -0.2) is 34.9 Å². The maximum Gasteiger partial charge on any atom is 0.171 e. The van der Waals surface area contributed by atoms with Crippen LogP contribution in [0.3, 0.4) is 0 Å². The van der Waals surface area contributed by atoms with Gasteiger partial charge in [-0.05, 0) is 43.0 Å². The minimum atomic E-state index is -0.501. The minimum absolute atomic E-state index is 0.209. The van der Waals surface area contributed by atoms with Gasteiger partial charge in [0.25, 0.3) is 0 Å². The third-order valence-electron chi connectivity index (χ3n) is 4.47. The number of tetrazole rings is 1. The van der Waals surface area contributed by atoms with Crippen LogP contribution < -0.4 is 0 Å². The highest BCUT2D eigenvalue weighted by atomic mass is 16.3. The second-order valence-electron chi connectivity index (χ2n) is 6.39. The Morgan fingerprint density at radius 2 is 2.05 bits per heavy atom. The van der Waals surface area contributed by atoms with Crippen molar-refractivity contribution < 1.29 is 5.11 Å². The fraction of sp³-hybridized carbons (Fsp3) is 0.733. The zero-order chi connectivity index (χ0) is 15.5. The summed E-state index contributed by atoms with van der Waals surface area (Å²) in [5, 5.41) is 22.6. The van der Waals surface area contributed by atoms with Gasteiger partial charge in [-0.25, -0.2) is 9.67 Å². The van der Waals surface area contributed by atoms with E-state index in [-0.39, 0.29) is 6.04 Å². The van der Waals surface area contributed by atoms with E-state index in [0.717, 1.165) is 24.5 Å². The van der Waals surface area contributed by atoms with Crippen LogP contribution in [0.25, 0.3) is 0 Å². The fourth-order valence-electron chi connectivity index (χ4n) is 3.25. The SMILES string of the molecule is CC(C)n1nnnc1Cn1ccnc1C(O)C1CCCCC1. The zero-order valence-corrected chi connectivity index (χ0v) is 13.3. The molecule has 0 aromatic carbocycles. The molecule has 1 saturated carbocycles. The topological polar surface area (TPSA) is 81.7 Å². The van der Waals surface area contributed by atoms with Gasteiger partial charge < -0.3 is 9.67 Å². The molecule has 0 radical (unpaired) electrons. The van der Waals surface area contributed by atoms with E-state index in [2.05, 4.69) is 20.5 Å². The highest BCUT2D eigenvalue weighted by Crippen LogP contribution is 2.33. The summed E-state index contributed by atoms with van der Waals surface area (Å²) in [6, 6.07) is 0.209. The molecule has 1 fully saturated rings. The average Bonchev–Trinajstić information content (AvgIpc) is 3.17. The maximum atomic E-state index is 10.7. The van der Waals surface area contributed by atoms with E-state index >= 15 is 0 Å². The van der Waals surface area contributed by atoms with Crippen LogP contribution >= 0.6 is 0 Å². The molecule has 1 atom stereocenters. The largest absolute Gasteiger partial charge is 0.385 e. The molecule has 7 heteroatoms. The van der Waals surface area contributed by atoms with Crippen LogP contribution in [0.4, 0.5) is 0 Å². The molecule has 2 aromatic rings. The van der Waals surface area contributed by atoms with Gasteiger partial charge in [0.2, 0.25) is 0 Å². The lowest BCUT2D eigenvalue weighted by Crippen LogP contribution is -2.21. The van der Waals surface area contributed by atoms with Crippen molar-refractivity contribution in [2.24, 2.45) is 5.92 Å². The molecule has 0 bridgehead atoms. The Morgan fingerprint density at radius 1 is 1.27 bits per heavy atom. The number of aliphatic hydroxyl groups is 1. The third-order valence-corrected chi connectivity index (χ3v) is 4.47. The van der Waals surface area contributed by atoms with E-state index in [9.17, 15) is 5.11 Å². The molecule has 1 unspecified atom stereocenters. The molecule has 0 amide bonds. The van der Waals surface area contributed by atoms with Gasteiger partial charge in [0.1, 0.15) is 11.9 Å². The van der Waals surface area contributed by atoms with Gasteiger partial charge in [-0.3, -0.25) is 0 Å². The maximum absolute atomic E-state index is 10.7. The first-order valence-corrected chi connectivity index (χ1v) is 8.12. The van der Waals surface area contributed by atoms with Gasteiger partial charge in [-0.15, -0.1) is 5.10 Å². The quantitative estimate of drug-likeness (QED) is 0.915. The zero-order valence-electron chi connectivity index (χ0n) is 13.3. The predicted molar refractivity (Wildman–Crippen MR) is 81.1 cm³/mol. The molecule has 1 N–H and O–H groups in total. The number of nitrogens with zero attached hydrogens (tertiary/aromatic N) is 6. The number of hydrogen-bond donors (Lipinski definition) is 1. The highest BCUT2D eigenvalue weighted by Gasteiger charge is 2.26. The molecule has 0 aliphatic heterocycles. The van der Waals surface area contributed by atoms with Crippen molar-refractivity contribution in [1.82, 2.24) is 29.8 Å². The van der Waals surface area contributed by atoms with Crippen LogP contribution in [0.1, 0.15) is 69.7 Å². The number of imidazole rings is 1. The third kappa shape index (κ3) is 3.04. The number of aliphatic hydroxyl groups excluding tert-OH is 1. The number of hydrogen-bond acceptors (Lipinski definition) is 5. The summed E-state index contributed by atoms with van der Waals surface area (Å²) >= 11 is 0. The Bertz CT molecular complexity index is 599. The van der Waals surface area contributed by atoms with E-state index < -0.39 is 6.10 Å². The van der Waals surface area contributed by atoms with Gasteiger partial charge in [-0.1, -0.05) is 19.3 Å². The molecule has 2 heterocycles. The van der Waals surface area contributed by atoms with Gasteiger partial charge in [0.15, 0.2) is 5.82 Å². The molecular formula is C15H24N6O. The van der Waals surface area contributed by atoms with E-state index in [4.69, 9.17) is 0 Å². The standard InChI is InChI=1S/C15H24N6O/c1-11(2)21-13(17-18-19-21)10-20-9-8-16-15(20)14(22)12-6-4-3-5-7-12/h8-9,11-12,14,22H,3-7,10H2,1-2H3. The molecule has 0 saturated heterocycles. The van der Waals surface area contributed by atoms with Gasteiger partial charge >= 0.3 is 0 Å². The van der Waals surface area contributed by atoms with Crippen LogP contribution in [0.5, 0.6) is 0 Å². The van der Waals surface area contributed by atoms with E-state index in [1.807, 2.05) is 24.6 Å². The first-order valence-electron chi connectivity index (χ1n) is 8.12. The second-order valence-corrected chi connectivity index (χ2v) is 6.39. The summed E-state index contributed by atoms with van der Waals surface area (Å²) in [6.07, 6.45) is 8.97. The van der Waals surface area contributed by atoms with Crippen molar-refractivity contribution in [3.8, 4) is 0 Å². The van der Waals surface area contributed by atoms with Crippen LogP contribution in [-0.2, 0) is 6.54 Å². The molecule has 3 rings (SSSR count). The van der Waals surface area contributed by atoms with Crippen molar-refractivity contribution in [3.05, 3.63) is 24.0 Å². The lowest BCUT2D eigenvalue weighted by Gasteiger charge is -2.26. The van der Waals surface area contributed by atoms with E-state index in [1.165, 1.54) is 19.3 Å². The molecule has 1 aliphatic carbocycles. The summed E-state index contributed by atoms with van der Waals surface area (Å²) in [5.74, 6) is 1.83. The molecule has 7 nitrogen and oxygen atoms in total. The van der Waals surface area contributed by atoms with Gasteiger partial charge in [-0.2, -0.15) is 0 Å². The Morgan fingerprint density at radius 3 is 2.77 bits per heavy atom. The first-order chi connectivity index (χ1) is 10.7. The first kappa shape index (κ1) is 15.1. The number of rotatable bonds is 5. The summed E-state index contributed by atoms with van der Waals surface area (Å²) < 4.78 is 3.76. The highest BCUT2D eigenvalue weighted by molar-refractivity contribution is 5.02. The van der Waals surface area contributed by atoms with Crippen molar-refractivity contribution in [3.63, 3.8) is 0 Å². The van der Waals surface area contributed by atoms with Crippen LogP contribution in [0.2, 0.25) is 0 Å². The Kier molecular flexibility index (Phi) is 4.52. The number of aromatic nitrogens is 6. The van der Waals surface area contributed by atoms with Gasteiger partial charge in [0, 0.05) is 12.4 Å². The van der Waals surface area contributed by atoms with E-state index in [1.54, 1.807) is 10.9 Å². The Hall–Kier alpha value is -1.76. The molecular weight excluding hydrogens is 280 g/mol. The van der Waals surface area contributed by atoms with Crippen molar-refractivity contribution in [2.45, 2.75) is 64.6 Å². The van der Waals surface area contributed by atoms with Gasteiger partial charge in [0.05, 0.1) is 12.6 Å². The van der Waals surface area contributed by atoms with Crippen molar-refractivity contribution in [2.75, 3.05) is 0 Å².